The molecule has 0 amide bonds. The minimum atomic E-state index is -4.44. The van der Waals surface area contributed by atoms with E-state index in [-0.39, 0.29) is 11.6 Å². The van der Waals surface area contributed by atoms with Gasteiger partial charge in [-0.05, 0) is 23.5 Å². The molecule has 0 bridgehead atoms. The van der Waals surface area contributed by atoms with Crippen molar-refractivity contribution in [3.05, 3.63) is 29.1 Å². The zero-order chi connectivity index (χ0) is 11.6. The predicted molar refractivity (Wildman–Crippen MR) is 51.3 cm³/mol. The van der Waals surface area contributed by atoms with Crippen molar-refractivity contribution < 1.29 is 13.2 Å². The van der Waals surface area contributed by atoms with Crippen LogP contribution in [-0.2, 0) is 6.18 Å². The molecule has 1 aromatic rings. The highest BCUT2D eigenvalue weighted by Crippen LogP contribution is 2.29. The van der Waals surface area contributed by atoms with Crippen LogP contribution < -0.4 is 0 Å². The maximum atomic E-state index is 12.3. The topological polar surface area (TPSA) is 12.9 Å². The minimum absolute atomic E-state index is 0.0610. The van der Waals surface area contributed by atoms with Crippen molar-refractivity contribution in [1.29, 1.82) is 0 Å². The number of hydrogen-bond acceptors (Lipinski definition) is 1. The van der Waals surface area contributed by atoms with E-state index in [1.165, 1.54) is 6.07 Å². The quantitative estimate of drug-likeness (QED) is 0.653. The molecule has 0 unspecified atom stereocenters. The maximum Gasteiger partial charge on any atom is 0.433 e. The van der Waals surface area contributed by atoms with E-state index >= 15 is 0 Å². The molecule has 0 atom stereocenters. The van der Waals surface area contributed by atoms with Gasteiger partial charge in [-0.2, -0.15) is 13.2 Å². The van der Waals surface area contributed by atoms with Crippen molar-refractivity contribution in [2.24, 2.45) is 0 Å². The molecule has 1 rings (SSSR count). The van der Waals surface area contributed by atoms with E-state index in [1.54, 1.807) is 0 Å². The highest BCUT2D eigenvalue weighted by molar-refractivity contribution is 5.37. The predicted octanol–water partition coefficient (Wildman–Crippen LogP) is 3.21. The van der Waals surface area contributed by atoms with Crippen LogP contribution in [0.3, 0.4) is 0 Å². The Balaban J connectivity index is 3.27. The third-order valence-corrected chi connectivity index (χ3v) is 1.98. The number of rotatable bonds is 1. The fourth-order valence-corrected chi connectivity index (χ4v) is 1.21. The lowest BCUT2D eigenvalue weighted by molar-refractivity contribution is -0.141. The first kappa shape index (κ1) is 11.6. The monoisotopic (exact) mass is 213 g/mol. The van der Waals surface area contributed by atoms with Gasteiger partial charge in [-0.1, -0.05) is 19.9 Å². The summed E-state index contributed by atoms with van der Waals surface area (Å²) in [7, 11) is 0. The Kier molecular flexibility index (Phi) is 3.04. The van der Waals surface area contributed by atoms with Crippen LogP contribution in [0.25, 0.3) is 0 Å². The van der Waals surface area contributed by atoms with E-state index in [0.29, 0.717) is 5.56 Å². The van der Waals surface area contributed by atoms with Crippen molar-refractivity contribution in [1.82, 2.24) is 4.98 Å². The summed E-state index contributed by atoms with van der Waals surface area (Å²) in [5.41, 5.74) is -0.217. The summed E-state index contributed by atoms with van der Waals surface area (Å²) >= 11 is 0. The molecule has 1 heterocycles. The molecule has 15 heavy (non-hydrogen) atoms. The highest BCUT2D eigenvalue weighted by Gasteiger charge is 2.32. The van der Waals surface area contributed by atoms with Crippen LogP contribution in [0.15, 0.2) is 12.1 Å². The number of aromatic nitrogens is 1. The molecule has 4 heteroatoms. The molecule has 0 radical (unpaired) electrons. The summed E-state index contributed by atoms with van der Waals surface area (Å²) < 4.78 is 36.9. The van der Waals surface area contributed by atoms with Crippen LogP contribution >= 0.6 is 0 Å². The molecular weight excluding hydrogens is 203 g/mol. The molecular formula is C11H10F3N. The van der Waals surface area contributed by atoms with Crippen LogP contribution in [0.2, 0.25) is 0 Å². The first-order chi connectivity index (χ1) is 6.86. The molecule has 0 fully saturated rings. The van der Waals surface area contributed by atoms with Crippen LogP contribution in [-0.4, -0.2) is 4.98 Å². The van der Waals surface area contributed by atoms with E-state index in [4.69, 9.17) is 6.42 Å². The van der Waals surface area contributed by atoms with Gasteiger partial charge in [0.2, 0.25) is 0 Å². The van der Waals surface area contributed by atoms with Crippen molar-refractivity contribution in [3.63, 3.8) is 0 Å². The van der Waals surface area contributed by atoms with E-state index in [2.05, 4.69) is 10.9 Å². The molecule has 0 N–H and O–H groups in total. The minimum Gasteiger partial charge on any atom is -0.235 e. The Hall–Kier alpha value is -1.50. The van der Waals surface area contributed by atoms with Crippen molar-refractivity contribution in [2.45, 2.75) is 25.9 Å². The lowest BCUT2D eigenvalue weighted by Gasteiger charge is -2.11. The van der Waals surface area contributed by atoms with Gasteiger partial charge in [-0.25, -0.2) is 4.98 Å². The van der Waals surface area contributed by atoms with Crippen LogP contribution in [0.4, 0.5) is 13.2 Å². The van der Waals surface area contributed by atoms with Gasteiger partial charge in [0, 0.05) is 0 Å². The maximum absolute atomic E-state index is 12.3. The molecule has 1 aromatic heterocycles. The molecule has 0 saturated heterocycles. The van der Waals surface area contributed by atoms with Gasteiger partial charge in [-0.3, -0.25) is 0 Å². The van der Waals surface area contributed by atoms with Crippen molar-refractivity contribution >= 4 is 0 Å². The first-order valence-corrected chi connectivity index (χ1v) is 4.41. The Labute approximate surface area is 86.3 Å². The average molecular weight is 213 g/mol. The number of alkyl halides is 3. The van der Waals surface area contributed by atoms with E-state index in [0.717, 1.165) is 6.07 Å². The van der Waals surface area contributed by atoms with Gasteiger partial charge in [0.25, 0.3) is 0 Å². The van der Waals surface area contributed by atoms with Crippen LogP contribution in [0.1, 0.15) is 36.7 Å². The molecule has 1 nitrogen and oxygen atoms in total. The van der Waals surface area contributed by atoms with Gasteiger partial charge >= 0.3 is 6.18 Å². The normalized spacial score (nSPS) is 11.5. The van der Waals surface area contributed by atoms with Gasteiger partial charge in [-0.15, -0.1) is 6.42 Å². The van der Waals surface area contributed by atoms with Crippen LogP contribution in [0.5, 0.6) is 0 Å². The zero-order valence-electron chi connectivity index (χ0n) is 8.39. The highest BCUT2D eigenvalue weighted by atomic mass is 19.4. The van der Waals surface area contributed by atoms with E-state index in [9.17, 15) is 13.2 Å². The summed E-state index contributed by atoms with van der Waals surface area (Å²) in [6.07, 6.45) is 0.677. The molecule has 0 saturated carbocycles. The number of hydrogen-bond donors (Lipinski definition) is 0. The van der Waals surface area contributed by atoms with E-state index in [1.807, 2.05) is 13.8 Å². The Bertz CT molecular complexity index is 399. The lowest BCUT2D eigenvalue weighted by atomic mass is 10.0. The Morgan fingerprint density at radius 2 is 1.93 bits per heavy atom. The molecule has 0 aliphatic rings. The smallest absolute Gasteiger partial charge is 0.235 e. The average Bonchev–Trinajstić information content (AvgIpc) is 2.15. The van der Waals surface area contributed by atoms with Gasteiger partial charge in [0.1, 0.15) is 11.4 Å². The Morgan fingerprint density at radius 1 is 1.33 bits per heavy atom. The summed E-state index contributed by atoms with van der Waals surface area (Å²) in [6, 6.07) is 2.34. The molecule has 0 aromatic carbocycles. The molecule has 80 valence electrons. The van der Waals surface area contributed by atoms with Gasteiger partial charge < -0.3 is 0 Å². The fourth-order valence-electron chi connectivity index (χ4n) is 1.21. The third kappa shape index (κ3) is 2.50. The number of halogens is 3. The number of pyridine rings is 1. The summed E-state index contributed by atoms with van der Waals surface area (Å²) in [5, 5.41) is 0. The second-order valence-electron chi connectivity index (χ2n) is 3.43. The zero-order valence-corrected chi connectivity index (χ0v) is 8.39. The van der Waals surface area contributed by atoms with Crippen molar-refractivity contribution in [2.75, 3.05) is 0 Å². The molecule has 0 aliphatic carbocycles. The summed E-state index contributed by atoms with van der Waals surface area (Å²) in [5.74, 6) is 2.24. The SMILES string of the molecule is C#Cc1nc(C(F)(F)F)ccc1C(C)C. The summed E-state index contributed by atoms with van der Waals surface area (Å²) in [6.45, 7) is 3.70. The molecule has 0 spiro atoms. The lowest BCUT2D eigenvalue weighted by Crippen LogP contribution is -2.10. The van der Waals surface area contributed by atoms with E-state index < -0.39 is 11.9 Å². The fraction of sp³-hybridized carbons (Fsp3) is 0.364. The Morgan fingerprint density at radius 3 is 2.33 bits per heavy atom. The van der Waals surface area contributed by atoms with Crippen molar-refractivity contribution in [3.8, 4) is 12.3 Å². The largest absolute Gasteiger partial charge is 0.433 e. The summed E-state index contributed by atoms with van der Waals surface area (Å²) in [4.78, 5) is 3.42. The molecule has 0 aliphatic heterocycles. The third-order valence-electron chi connectivity index (χ3n) is 1.98. The van der Waals surface area contributed by atoms with Crippen LogP contribution in [0, 0.1) is 12.3 Å². The van der Waals surface area contributed by atoms with Gasteiger partial charge in [0.15, 0.2) is 0 Å². The number of nitrogens with zero attached hydrogens (tertiary/aromatic N) is 1. The second kappa shape index (κ2) is 3.93. The number of terminal acetylenes is 1. The first-order valence-electron chi connectivity index (χ1n) is 4.41. The standard InChI is InChI=1S/C11H10F3N/c1-4-9-8(7(2)3)5-6-10(15-9)11(12,13)14/h1,5-7H,2-3H3. The van der Waals surface area contributed by atoms with Gasteiger partial charge in [0.05, 0.1) is 0 Å². The second-order valence-corrected chi connectivity index (χ2v) is 3.43.